The Morgan fingerprint density at radius 3 is 2.47 bits per heavy atom. The molecule has 2 heteroatoms. The Labute approximate surface area is 116 Å². The molecule has 2 unspecified atom stereocenters. The number of nitrogens with zero attached hydrogens (tertiary/aromatic N) is 1. The number of nitriles is 1. The molecule has 102 valence electrons. The lowest BCUT2D eigenvalue weighted by molar-refractivity contribution is 0.0460. The van der Waals surface area contributed by atoms with E-state index in [1.165, 1.54) is 12.8 Å². The highest BCUT2D eigenvalue weighted by atomic mass is 16.5. The van der Waals surface area contributed by atoms with Crippen LogP contribution in [-0.4, -0.2) is 6.10 Å². The van der Waals surface area contributed by atoms with Crippen molar-refractivity contribution in [3.63, 3.8) is 0 Å². The molecule has 1 saturated carbocycles. The SMILES string of the molecule is CC(C)C1CC[C@H](C)CC1Oc1ccc(C#N)cc1. The van der Waals surface area contributed by atoms with Crippen LogP contribution >= 0.6 is 0 Å². The van der Waals surface area contributed by atoms with E-state index in [2.05, 4.69) is 26.8 Å². The molecule has 1 aromatic rings. The topological polar surface area (TPSA) is 33.0 Å². The van der Waals surface area contributed by atoms with Crippen LogP contribution in [0, 0.1) is 29.1 Å². The van der Waals surface area contributed by atoms with E-state index in [1.807, 2.05) is 24.3 Å². The van der Waals surface area contributed by atoms with E-state index >= 15 is 0 Å². The van der Waals surface area contributed by atoms with E-state index in [1.54, 1.807) is 0 Å². The van der Waals surface area contributed by atoms with Gasteiger partial charge in [-0.15, -0.1) is 0 Å². The molecule has 0 heterocycles. The van der Waals surface area contributed by atoms with Gasteiger partial charge in [-0.3, -0.25) is 0 Å². The summed E-state index contributed by atoms with van der Waals surface area (Å²) in [5, 5.41) is 8.81. The first-order valence-corrected chi connectivity index (χ1v) is 7.27. The summed E-state index contributed by atoms with van der Waals surface area (Å²) < 4.78 is 6.19. The van der Waals surface area contributed by atoms with E-state index in [-0.39, 0.29) is 0 Å². The van der Waals surface area contributed by atoms with Crippen LogP contribution < -0.4 is 4.74 Å². The van der Waals surface area contributed by atoms with Gasteiger partial charge in [-0.1, -0.05) is 27.2 Å². The lowest BCUT2D eigenvalue weighted by Gasteiger charge is -2.37. The van der Waals surface area contributed by atoms with Gasteiger partial charge in [0.05, 0.1) is 11.6 Å². The molecule has 1 aromatic carbocycles. The molecule has 0 N–H and O–H groups in total. The third-order valence-electron chi connectivity index (χ3n) is 4.23. The standard InChI is InChI=1S/C17H23NO/c1-12(2)16-9-4-13(3)10-17(16)19-15-7-5-14(11-18)6-8-15/h5-8,12-13,16-17H,4,9-10H2,1-3H3/t13-,16?,17?/m0/s1. The third kappa shape index (κ3) is 3.50. The number of hydrogen-bond acceptors (Lipinski definition) is 2. The summed E-state index contributed by atoms with van der Waals surface area (Å²) in [7, 11) is 0. The maximum Gasteiger partial charge on any atom is 0.119 e. The molecule has 0 spiro atoms. The smallest absolute Gasteiger partial charge is 0.119 e. The average molecular weight is 257 g/mol. The molecule has 2 nitrogen and oxygen atoms in total. The minimum absolute atomic E-state index is 0.316. The van der Waals surface area contributed by atoms with Gasteiger partial charge in [-0.25, -0.2) is 0 Å². The first-order chi connectivity index (χ1) is 9.10. The van der Waals surface area contributed by atoms with Crippen LogP contribution in [0.25, 0.3) is 0 Å². The molecule has 3 atom stereocenters. The van der Waals surface area contributed by atoms with Crippen LogP contribution in [0.3, 0.4) is 0 Å². The fourth-order valence-corrected chi connectivity index (χ4v) is 3.03. The van der Waals surface area contributed by atoms with Crippen LogP contribution in [0.5, 0.6) is 5.75 Å². The lowest BCUT2D eigenvalue weighted by Crippen LogP contribution is -2.36. The Hall–Kier alpha value is -1.49. The maximum absolute atomic E-state index is 8.81. The van der Waals surface area contributed by atoms with Crippen LogP contribution in [0.4, 0.5) is 0 Å². The van der Waals surface area contributed by atoms with Crippen molar-refractivity contribution in [2.75, 3.05) is 0 Å². The van der Waals surface area contributed by atoms with Crippen molar-refractivity contribution >= 4 is 0 Å². The van der Waals surface area contributed by atoms with Gasteiger partial charge in [0.2, 0.25) is 0 Å². The maximum atomic E-state index is 8.81. The second-order valence-electron chi connectivity index (χ2n) is 6.12. The van der Waals surface area contributed by atoms with Crippen molar-refractivity contribution in [2.24, 2.45) is 17.8 Å². The number of ether oxygens (including phenoxy) is 1. The summed E-state index contributed by atoms with van der Waals surface area (Å²) in [6.45, 7) is 6.89. The molecule has 0 bridgehead atoms. The van der Waals surface area contributed by atoms with Gasteiger partial charge in [-0.05, 0) is 54.9 Å². The highest BCUT2D eigenvalue weighted by molar-refractivity contribution is 5.34. The Morgan fingerprint density at radius 1 is 1.21 bits per heavy atom. The summed E-state index contributed by atoms with van der Waals surface area (Å²) in [6.07, 6.45) is 4.04. The van der Waals surface area contributed by atoms with Gasteiger partial charge >= 0.3 is 0 Å². The molecular formula is C17H23NO. The molecule has 1 aliphatic carbocycles. The molecule has 0 aliphatic heterocycles. The summed E-state index contributed by atoms with van der Waals surface area (Å²) in [6, 6.07) is 9.61. The fourth-order valence-electron chi connectivity index (χ4n) is 3.03. The van der Waals surface area contributed by atoms with E-state index in [9.17, 15) is 0 Å². The zero-order valence-corrected chi connectivity index (χ0v) is 12.1. The molecular weight excluding hydrogens is 234 g/mol. The van der Waals surface area contributed by atoms with Gasteiger partial charge in [0, 0.05) is 0 Å². The summed E-state index contributed by atoms with van der Waals surface area (Å²) in [5.41, 5.74) is 0.685. The minimum atomic E-state index is 0.316. The predicted molar refractivity (Wildman–Crippen MR) is 76.9 cm³/mol. The first-order valence-electron chi connectivity index (χ1n) is 7.27. The zero-order valence-electron chi connectivity index (χ0n) is 12.1. The van der Waals surface area contributed by atoms with Gasteiger partial charge in [-0.2, -0.15) is 5.26 Å². The molecule has 0 radical (unpaired) electrons. The van der Waals surface area contributed by atoms with Crippen LogP contribution in [0.15, 0.2) is 24.3 Å². The van der Waals surface area contributed by atoms with Crippen molar-refractivity contribution in [1.82, 2.24) is 0 Å². The second kappa shape index (κ2) is 6.10. The van der Waals surface area contributed by atoms with Crippen molar-refractivity contribution in [3.05, 3.63) is 29.8 Å². The second-order valence-corrected chi connectivity index (χ2v) is 6.12. The van der Waals surface area contributed by atoms with Crippen molar-refractivity contribution in [3.8, 4) is 11.8 Å². The molecule has 1 aliphatic rings. The molecule has 0 saturated heterocycles. The van der Waals surface area contributed by atoms with Crippen LogP contribution in [-0.2, 0) is 0 Å². The van der Waals surface area contributed by atoms with Gasteiger partial charge in [0.25, 0.3) is 0 Å². The zero-order chi connectivity index (χ0) is 13.8. The van der Waals surface area contributed by atoms with Crippen LogP contribution in [0.1, 0.15) is 45.6 Å². The largest absolute Gasteiger partial charge is 0.490 e. The summed E-state index contributed by atoms with van der Waals surface area (Å²) in [5.74, 6) is 2.95. The third-order valence-corrected chi connectivity index (χ3v) is 4.23. The Morgan fingerprint density at radius 2 is 1.89 bits per heavy atom. The van der Waals surface area contributed by atoms with Crippen molar-refractivity contribution in [1.29, 1.82) is 5.26 Å². The Balaban J connectivity index is 2.07. The lowest BCUT2D eigenvalue weighted by atomic mass is 9.75. The Kier molecular flexibility index (Phi) is 4.47. The molecule has 1 fully saturated rings. The first kappa shape index (κ1) is 13.9. The molecule has 19 heavy (non-hydrogen) atoms. The summed E-state index contributed by atoms with van der Waals surface area (Å²) >= 11 is 0. The summed E-state index contributed by atoms with van der Waals surface area (Å²) in [4.78, 5) is 0. The highest BCUT2D eigenvalue weighted by Crippen LogP contribution is 2.35. The average Bonchev–Trinajstić information content (AvgIpc) is 2.39. The van der Waals surface area contributed by atoms with E-state index in [4.69, 9.17) is 10.00 Å². The van der Waals surface area contributed by atoms with Crippen molar-refractivity contribution in [2.45, 2.75) is 46.1 Å². The number of hydrogen-bond donors (Lipinski definition) is 0. The number of rotatable bonds is 3. The van der Waals surface area contributed by atoms with E-state index in [0.29, 0.717) is 23.5 Å². The molecule has 0 amide bonds. The highest BCUT2D eigenvalue weighted by Gasteiger charge is 2.32. The monoisotopic (exact) mass is 257 g/mol. The van der Waals surface area contributed by atoms with Crippen molar-refractivity contribution < 1.29 is 4.74 Å². The predicted octanol–water partition coefficient (Wildman–Crippen LogP) is 4.40. The molecule has 0 aromatic heterocycles. The number of benzene rings is 1. The molecule has 2 rings (SSSR count). The quantitative estimate of drug-likeness (QED) is 0.804. The van der Waals surface area contributed by atoms with E-state index in [0.717, 1.165) is 18.1 Å². The Bertz CT molecular complexity index is 443. The van der Waals surface area contributed by atoms with Gasteiger partial charge < -0.3 is 4.74 Å². The van der Waals surface area contributed by atoms with Gasteiger partial charge in [0.15, 0.2) is 0 Å². The minimum Gasteiger partial charge on any atom is -0.490 e. The van der Waals surface area contributed by atoms with E-state index < -0.39 is 0 Å². The van der Waals surface area contributed by atoms with Crippen LogP contribution in [0.2, 0.25) is 0 Å². The fraction of sp³-hybridized carbons (Fsp3) is 0.588. The normalized spacial score (nSPS) is 27.0. The van der Waals surface area contributed by atoms with Gasteiger partial charge in [0.1, 0.15) is 11.9 Å².